The van der Waals surface area contributed by atoms with Crippen LogP contribution in [0.25, 0.3) is 0 Å². The molecule has 0 N–H and O–H groups in total. The molecule has 0 amide bonds. The molecule has 0 aromatic rings. The van der Waals surface area contributed by atoms with Crippen LogP contribution in [0.3, 0.4) is 0 Å². The number of hydrogen-bond donors (Lipinski definition) is 0. The van der Waals surface area contributed by atoms with E-state index in [4.69, 9.17) is 25.5 Å². The predicted molar refractivity (Wildman–Crippen MR) is 101 cm³/mol. The highest BCUT2D eigenvalue weighted by molar-refractivity contribution is 7.82. The molecule has 0 atom stereocenters. The van der Waals surface area contributed by atoms with Crippen LogP contribution < -0.4 is 0 Å². The molecular weight excluding hydrogens is 328 g/mol. The van der Waals surface area contributed by atoms with Crippen LogP contribution in [0.1, 0.15) is 72.6 Å². The predicted octanol–water partition coefficient (Wildman–Crippen LogP) is 4.72. The van der Waals surface area contributed by atoms with Gasteiger partial charge < -0.3 is 13.3 Å². The van der Waals surface area contributed by atoms with Crippen LogP contribution in [-0.2, 0) is 18.1 Å². The van der Waals surface area contributed by atoms with Crippen LogP contribution in [-0.4, -0.2) is 39.3 Å². The molecule has 0 bridgehead atoms. The van der Waals surface area contributed by atoms with Crippen molar-refractivity contribution in [2.45, 2.75) is 78.7 Å². The fourth-order valence-electron chi connectivity index (χ4n) is 2.44. The number of unbranched alkanes of at least 4 members (excludes halogenated alkanes) is 4. The third-order valence-electron chi connectivity index (χ3n) is 3.57. The van der Waals surface area contributed by atoms with E-state index in [0.717, 1.165) is 12.8 Å². The van der Waals surface area contributed by atoms with E-state index in [2.05, 4.69) is 6.92 Å². The molecule has 0 aromatic carbocycles. The lowest BCUT2D eigenvalue weighted by Crippen LogP contribution is -2.46. The van der Waals surface area contributed by atoms with Gasteiger partial charge in [0.1, 0.15) is 0 Å². The van der Waals surface area contributed by atoms with E-state index in [-0.39, 0.29) is 5.78 Å². The number of rotatable bonds is 16. The molecule has 0 saturated heterocycles. The fourth-order valence-corrected chi connectivity index (χ4v) is 5.38. The molecule has 4 nitrogen and oxygen atoms in total. The largest absolute Gasteiger partial charge is 0.501 e. The van der Waals surface area contributed by atoms with Crippen molar-refractivity contribution in [3.8, 4) is 0 Å². The Morgan fingerprint density at radius 1 is 0.826 bits per heavy atom. The van der Waals surface area contributed by atoms with Gasteiger partial charge >= 0.3 is 8.80 Å². The Morgan fingerprint density at radius 3 is 1.83 bits per heavy atom. The van der Waals surface area contributed by atoms with Crippen LogP contribution in [0.15, 0.2) is 0 Å². The van der Waals surface area contributed by atoms with Crippen molar-refractivity contribution in [2.24, 2.45) is 0 Å². The molecule has 0 aliphatic carbocycles. The summed E-state index contributed by atoms with van der Waals surface area (Å²) in [6.45, 7) is 9.61. The maximum absolute atomic E-state index is 12.1. The zero-order chi connectivity index (χ0) is 17.6. The first-order chi connectivity index (χ1) is 11.0. The molecule has 0 rings (SSSR count). The molecule has 0 saturated carbocycles. The minimum Gasteiger partial charge on any atom is -0.374 e. The molecule has 0 unspecified atom stereocenters. The third-order valence-corrected chi connectivity index (χ3v) is 7.05. The van der Waals surface area contributed by atoms with Crippen LogP contribution in [0.4, 0.5) is 0 Å². The summed E-state index contributed by atoms with van der Waals surface area (Å²) in [6, 6.07) is 0.586. The molecule has 136 valence electrons. The summed E-state index contributed by atoms with van der Waals surface area (Å²) in [6.07, 6.45) is 6.78. The van der Waals surface area contributed by atoms with Gasteiger partial charge in [-0.1, -0.05) is 44.8 Å². The van der Waals surface area contributed by atoms with E-state index >= 15 is 0 Å². The fraction of sp³-hybridized carbons (Fsp3) is 0.882. The zero-order valence-electron chi connectivity index (χ0n) is 15.3. The van der Waals surface area contributed by atoms with Gasteiger partial charge in [-0.05, 0) is 33.6 Å². The van der Waals surface area contributed by atoms with Crippen molar-refractivity contribution in [1.82, 2.24) is 0 Å². The molecule has 0 heterocycles. The summed E-state index contributed by atoms with van der Waals surface area (Å²) in [4.78, 5) is 12.6. The normalized spacial score (nSPS) is 11.7. The van der Waals surface area contributed by atoms with Gasteiger partial charge in [-0.15, -0.1) is 0 Å². The van der Waals surface area contributed by atoms with Gasteiger partial charge in [0, 0.05) is 32.3 Å². The standard InChI is InChI=1S/C17H34O4SSi/c1-5-9-10-11-12-13-16(18)17(22)14-15-23(19-6-2,20-7-3)21-8-4/h5-15H2,1-4H3. The van der Waals surface area contributed by atoms with E-state index in [1.807, 2.05) is 20.8 Å². The molecule has 6 heteroatoms. The van der Waals surface area contributed by atoms with Crippen molar-refractivity contribution in [3.05, 3.63) is 0 Å². The Morgan fingerprint density at radius 2 is 1.35 bits per heavy atom. The van der Waals surface area contributed by atoms with Gasteiger partial charge in [-0.3, -0.25) is 4.79 Å². The highest BCUT2D eigenvalue weighted by Crippen LogP contribution is 2.19. The molecule has 0 aliphatic heterocycles. The smallest absolute Gasteiger partial charge is 0.374 e. The Hall–Kier alpha value is -0.143. The van der Waals surface area contributed by atoms with E-state index < -0.39 is 8.80 Å². The Labute approximate surface area is 148 Å². The Balaban J connectivity index is 4.30. The average Bonchev–Trinajstić information content (AvgIpc) is 2.53. The Kier molecular flexibility index (Phi) is 14.1. The number of thiocarbonyl (C=S) groups is 1. The monoisotopic (exact) mass is 362 g/mol. The number of ketones is 1. The topological polar surface area (TPSA) is 44.8 Å². The lowest BCUT2D eigenvalue weighted by atomic mass is 10.1. The van der Waals surface area contributed by atoms with Crippen molar-refractivity contribution >= 4 is 31.7 Å². The van der Waals surface area contributed by atoms with Crippen LogP contribution in [0, 0.1) is 0 Å². The Bertz CT molecular complexity index is 320. The second-order valence-corrected chi connectivity index (χ2v) is 8.72. The van der Waals surface area contributed by atoms with E-state index in [1.165, 1.54) is 19.3 Å². The second kappa shape index (κ2) is 14.2. The van der Waals surface area contributed by atoms with Gasteiger partial charge in [0.2, 0.25) is 0 Å². The second-order valence-electron chi connectivity index (χ2n) is 5.49. The minimum atomic E-state index is -2.69. The first-order valence-electron chi connectivity index (χ1n) is 9.03. The maximum atomic E-state index is 12.1. The van der Waals surface area contributed by atoms with Gasteiger partial charge in [-0.2, -0.15) is 0 Å². The third kappa shape index (κ3) is 10.3. The van der Waals surface area contributed by atoms with E-state index in [1.54, 1.807) is 0 Å². The maximum Gasteiger partial charge on any atom is 0.501 e. The zero-order valence-corrected chi connectivity index (χ0v) is 17.1. The summed E-state index contributed by atoms with van der Waals surface area (Å²) in [5.41, 5.74) is 0. The van der Waals surface area contributed by atoms with Crippen molar-refractivity contribution < 1.29 is 18.1 Å². The summed E-state index contributed by atoms with van der Waals surface area (Å²) in [5.74, 6) is 0.101. The summed E-state index contributed by atoms with van der Waals surface area (Å²) in [5, 5.41) is 0. The van der Waals surface area contributed by atoms with Crippen molar-refractivity contribution in [3.63, 3.8) is 0 Å². The van der Waals surface area contributed by atoms with Crippen LogP contribution >= 0.6 is 12.2 Å². The molecule has 0 fully saturated rings. The van der Waals surface area contributed by atoms with Gasteiger partial charge in [-0.25, -0.2) is 0 Å². The lowest BCUT2D eigenvalue weighted by molar-refractivity contribution is -0.113. The van der Waals surface area contributed by atoms with Crippen molar-refractivity contribution in [1.29, 1.82) is 0 Å². The molecule has 0 aliphatic rings. The SMILES string of the molecule is CCCCCCCC(=O)C(=S)CC[Si](OCC)(OCC)OCC. The molecule has 0 radical (unpaired) electrons. The highest BCUT2D eigenvalue weighted by Gasteiger charge is 2.40. The lowest BCUT2D eigenvalue weighted by Gasteiger charge is -2.28. The van der Waals surface area contributed by atoms with Crippen LogP contribution in [0.5, 0.6) is 0 Å². The molecular formula is C17H34O4SSi. The molecule has 23 heavy (non-hydrogen) atoms. The van der Waals surface area contributed by atoms with E-state index in [9.17, 15) is 4.79 Å². The minimum absolute atomic E-state index is 0.101. The summed E-state index contributed by atoms with van der Waals surface area (Å²) < 4.78 is 17.4. The van der Waals surface area contributed by atoms with Crippen LogP contribution in [0.2, 0.25) is 6.04 Å². The molecule has 0 spiro atoms. The summed E-state index contributed by atoms with van der Waals surface area (Å²) in [7, 11) is -2.69. The van der Waals surface area contributed by atoms with Gasteiger partial charge in [0.15, 0.2) is 5.78 Å². The number of Topliss-reactive ketones (excluding diaryl/α,β-unsaturated/α-hetero) is 1. The first kappa shape index (κ1) is 22.9. The first-order valence-corrected chi connectivity index (χ1v) is 11.4. The molecule has 0 aromatic heterocycles. The average molecular weight is 363 g/mol. The highest BCUT2D eigenvalue weighted by atomic mass is 32.1. The van der Waals surface area contributed by atoms with Gasteiger partial charge in [0.25, 0.3) is 0 Å². The van der Waals surface area contributed by atoms with Crippen molar-refractivity contribution in [2.75, 3.05) is 19.8 Å². The quantitative estimate of drug-likeness (QED) is 0.226. The number of carbonyl (C=O) groups is 1. The number of carbonyl (C=O) groups excluding carboxylic acids is 1. The van der Waals surface area contributed by atoms with E-state index in [0.29, 0.717) is 43.6 Å². The van der Waals surface area contributed by atoms with Gasteiger partial charge in [0.05, 0.1) is 4.86 Å². The number of hydrogen-bond acceptors (Lipinski definition) is 5. The summed E-state index contributed by atoms with van der Waals surface area (Å²) >= 11 is 5.30.